The molecule has 4 nitrogen and oxygen atoms in total. The van der Waals surface area contributed by atoms with E-state index in [0.29, 0.717) is 6.07 Å². The SMILES string of the molecule is COC(=O)c1cc(F)c(OC(F)F)c(C#N)c1. The van der Waals surface area contributed by atoms with Crippen LogP contribution in [0.25, 0.3) is 0 Å². The lowest BCUT2D eigenvalue weighted by Crippen LogP contribution is -2.08. The molecule has 0 heterocycles. The van der Waals surface area contributed by atoms with Gasteiger partial charge in [-0.15, -0.1) is 0 Å². The summed E-state index contributed by atoms with van der Waals surface area (Å²) in [5.41, 5.74) is -0.770. The number of methoxy groups -OCH3 is 1. The number of carbonyl (C=O) groups is 1. The molecule has 7 heteroatoms. The van der Waals surface area contributed by atoms with Gasteiger partial charge in [0.15, 0.2) is 11.6 Å². The monoisotopic (exact) mass is 245 g/mol. The fourth-order valence-electron chi connectivity index (χ4n) is 1.12. The molecule has 1 aromatic carbocycles. The predicted molar refractivity (Wildman–Crippen MR) is 49.1 cm³/mol. The van der Waals surface area contributed by atoms with Crippen molar-refractivity contribution in [2.24, 2.45) is 0 Å². The van der Waals surface area contributed by atoms with Gasteiger partial charge in [0, 0.05) is 0 Å². The van der Waals surface area contributed by atoms with Gasteiger partial charge in [0.1, 0.15) is 6.07 Å². The number of ether oxygens (including phenoxy) is 2. The lowest BCUT2D eigenvalue weighted by Gasteiger charge is -2.08. The maximum absolute atomic E-state index is 13.3. The Morgan fingerprint density at radius 2 is 2.12 bits per heavy atom. The third-order valence-corrected chi connectivity index (χ3v) is 1.79. The molecule has 0 fully saturated rings. The number of halogens is 3. The Bertz CT molecular complexity index is 482. The Balaban J connectivity index is 3.27. The van der Waals surface area contributed by atoms with Gasteiger partial charge >= 0.3 is 12.6 Å². The molecule has 0 aliphatic carbocycles. The van der Waals surface area contributed by atoms with Crippen molar-refractivity contribution in [1.82, 2.24) is 0 Å². The molecule has 0 N–H and O–H groups in total. The summed E-state index contributed by atoms with van der Waals surface area (Å²) in [6, 6.07) is 3.02. The maximum atomic E-state index is 13.3. The minimum absolute atomic E-state index is 0.261. The molecule has 0 spiro atoms. The molecular weight excluding hydrogens is 239 g/mol. The van der Waals surface area contributed by atoms with Gasteiger partial charge in [-0.1, -0.05) is 0 Å². The number of esters is 1. The highest BCUT2D eigenvalue weighted by atomic mass is 19.3. The normalized spacial score (nSPS) is 9.88. The number of hydrogen-bond donors (Lipinski definition) is 0. The van der Waals surface area contributed by atoms with E-state index >= 15 is 0 Å². The van der Waals surface area contributed by atoms with E-state index in [1.807, 2.05) is 0 Å². The summed E-state index contributed by atoms with van der Waals surface area (Å²) >= 11 is 0. The van der Waals surface area contributed by atoms with Crippen LogP contribution >= 0.6 is 0 Å². The van der Waals surface area contributed by atoms with Crippen LogP contribution in [0.2, 0.25) is 0 Å². The van der Waals surface area contributed by atoms with E-state index in [2.05, 4.69) is 9.47 Å². The molecule has 1 rings (SSSR count). The van der Waals surface area contributed by atoms with Gasteiger partial charge in [0.05, 0.1) is 18.2 Å². The minimum Gasteiger partial charge on any atom is -0.465 e. The quantitative estimate of drug-likeness (QED) is 0.765. The minimum atomic E-state index is -3.26. The standard InChI is InChI=1S/C10H6F3NO3/c1-16-9(15)5-2-6(4-14)8(7(11)3-5)17-10(12)13/h2-3,10H,1H3. The Hall–Kier alpha value is -2.23. The fourth-order valence-corrected chi connectivity index (χ4v) is 1.12. The molecular formula is C10H6F3NO3. The van der Waals surface area contributed by atoms with Crippen LogP contribution in [0, 0.1) is 17.1 Å². The zero-order chi connectivity index (χ0) is 13.0. The van der Waals surface area contributed by atoms with E-state index in [9.17, 15) is 18.0 Å². The zero-order valence-electron chi connectivity index (χ0n) is 8.54. The zero-order valence-corrected chi connectivity index (χ0v) is 8.54. The van der Waals surface area contributed by atoms with Crippen molar-refractivity contribution in [3.63, 3.8) is 0 Å². The van der Waals surface area contributed by atoms with E-state index in [4.69, 9.17) is 5.26 Å². The molecule has 17 heavy (non-hydrogen) atoms. The van der Waals surface area contributed by atoms with Gasteiger partial charge < -0.3 is 9.47 Å². The molecule has 1 aromatic rings. The summed E-state index contributed by atoms with van der Waals surface area (Å²) in [6.45, 7) is -3.26. The van der Waals surface area contributed by atoms with Crippen molar-refractivity contribution >= 4 is 5.97 Å². The number of benzene rings is 1. The van der Waals surface area contributed by atoms with Gasteiger partial charge in [-0.25, -0.2) is 9.18 Å². The van der Waals surface area contributed by atoms with Gasteiger partial charge in [-0.3, -0.25) is 0 Å². The van der Waals surface area contributed by atoms with Crippen molar-refractivity contribution in [1.29, 1.82) is 5.26 Å². The molecule has 0 saturated heterocycles. The van der Waals surface area contributed by atoms with Crippen LogP contribution < -0.4 is 4.74 Å². The Labute approximate surface area is 94.2 Å². The van der Waals surface area contributed by atoms with E-state index < -0.39 is 29.7 Å². The highest BCUT2D eigenvalue weighted by Crippen LogP contribution is 2.26. The third kappa shape index (κ3) is 2.87. The molecule has 0 saturated carbocycles. The largest absolute Gasteiger partial charge is 0.465 e. The van der Waals surface area contributed by atoms with E-state index in [-0.39, 0.29) is 5.56 Å². The van der Waals surface area contributed by atoms with Crippen LogP contribution in [-0.2, 0) is 4.74 Å². The number of rotatable bonds is 3. The van der Waals surface area contributed by atoms with Gasteiger partial charge in [0.25, 0.3) is 0 Å². The second kappa shape index (κ2) is 5.21. The topological polar surface area (TPSA) is 59.3 Å². The first-order chi connectivity index (χ1) is 7.99. The average molecular weight is 245 g/mol. The fraction of sp³-hybridized carbons (Fsp3) is 0.200. The molecule has 0 aliphatic heterocycles. The second-order valence-electron chi connectivity index (χ2n) is 2.82. The van der Waals surface area contributed by atoms with Crippen molar-refractivity contribution < 1.29 is 27.4 Å². The lowest BCUT2D eigenvalue weighted by molar-refractivity contribution is -0.0523. The predicted octanol–water partition coefficient (Wildman–Crippen LogP) is 2.09. The van der Waals surface area contributed by atoms with Crippen LogP contribution in [0.5, 0.6) is 5.75 Å². The first-order valence-corrected chi connectivity index (χ1v) is 4.26. The Morgan fingerprint density at radius 3 is 2.59 bits per heavy atom. The Morgan fingerprint density at radius 1 is 1.47 bits per heavy atom. The van der Waals surface area contributed by atoms with Crippen LogP contribution in [0.15, 0.2) is 12.1 Å². The molecule has 0 atom stereocenters. The molecule has 0 aliphatic rings. The number of hydrogen-bond acceptors (Lipinski definition) is 4. The molecule has 90 valence electrons. The summed E-state index contributed by atoms with van der Waals surface area (Å²) in [5.74, 6) is -3.01. The summed E-state index contributed by atoms with van der Waals surface area (Å²) in [4.78, 5) is 11.1. The average Bonchev–Trinajstić information content (AvgIpc) is 2.29. The Kier molecular flexibility index (Phi) is 3.93. The smallest absolute Gasteiger partial charge is 0.387 e. The van der Waals surface area contributed by atoms with Gasteiger partial charge in [-0.2, -0.15) is 14.0 Å². The number of nitrogens with zero attached hydrogens (tertiary/aromatic N) is 1. The van der Waals surface area contributed by atoms with Crippen molar-refractivity contribution in [3.8, 4) is 11.8 Å². The van der Waals surface area contributed by atoms with Crippen molar-refractivity contribution in [3.05, 3.63) is 29.1 Å². The van der Waals surface area contributed by atoms with E-state index in [0.717, 1.165) is 13.2 Å². The van der Waals surface area contributed by atoms with Crippen molar-refractivity contribution in [2.45, 2.75) is 6.61 Å². The lowest BCUT2D eigenvalue weighted by atomic mass is 10.1. The van der Waals surface area contributed by atoms with Crippen molar-refractivity contribution in [2.75, 3.05) is 7.11 Å². The second-order valence-corrected chi connectivity index (χ2v) is 2.82. The summed E-state index contributed by atoms with van der Waals surface area (Å²) in [7, 11) is 1.07. The number of alkyl halides is 2. The number of nitriles is 1. The third-order valence-electron chi connectivity index (χ3n) is 1.79. The molecule has 0 bridgehead atoms. The molecule has 0 aromatic heterocycles. The molecule has 0 radical (unpaired) electrons. The summed E-state index contributed by atoms with van der Waals surface area (Å²) in [6.07, 6.45) is 0. The van der Waals surface area contributed by atoms with E-state index in [1.165, 1.54) is 6.07 Å². The number of carbonyl (C=O) groups excluding carboxylic acids is 1. The summed E-state index contributed by atoms with van der Waals surface area (Å²) < 4.78 is 45.4. The maximum Gasteiger partial charge on any atom is 0.387 e. The first-order valence-electron chi connectivity index (χ1n) is 4.26. The van der Waals surface area contributed by atoms with Gasteiger partial charge in [0.2, 0.25) is 0 Å². The van der Waals surface area contributed by atoms with Crippen LogP contribution in [0.1, 0.15) is 15.9 Å². The van der Waals surface area contributed by atoms with Crippen LogP contribution in [0.3, 0.4) is 0 Å². The molecule has 0 unspecified atom stereocenters. The van der Waals surface area contributed by atoms with Crippen LogP contribution in [-0.4, -0.2) is 19.7 Å². The highest BCUT2D eigenvalue weighted by molar-refractivity contribution is 5.90. The summed E-state index contributed by atoms with van der Waals surface area (Å²) in [5, 5.41) is 8.64. The van der Waals surface area contributed by atoms with Gasteiger partial charge in [-0.05, 0) is 12.1 Å². The first kappa shape index (κ1) is 12.8. The highest BCUT2D eigenvalue weighted by Gasteiger charge is 2.19. The van der Waals surface area contributed by atoms with E-state index in [1.54, 1.807) is 0 Å². The molecule has 0 amide bonds. The van der Waals surface area contributed by atoms with Crippen LogP contribution in [0.4, 0.5) is 13.2 Å².